The summed E-state index contributed by atoms with van der Waals surface area (Å²) in [7, 11) is 0. The zero-order valence-corrected chi connectivity index (χ0v) is 7.47. The van der Waals surface area contributed by atoms with Crippen molar-refractivity contribution in [1.82, 2.24) is 4.90 Å². The van der Waals surface area contributed by atoms with E-state index in [9.17, 15) is 4.79 Å². The number of hydrogen-bond donors (Lipinski definition) is 0. The summed E-state index contributed by atoms with van der Waals surface area (Å²) in [6.07, 6.45) is 3.13. The molecule has 64 valence electrons. The number of carbonyl (C=O) groups excluding carboxylic acids is 1. The molecule has 1 saturated heterocycles. The first-order valence-electron chi connectivity index (χ1n) is 4.51. The molecule has 1 fully saturated rings. The van der Waals surface area contributed by atoms with Crippen LogP contribution in [0.3, 0.4) is 0 Å². The Morgan fingerprint density at radius 3 is 2.91 bits per heavy atom. The van der Waals surface area contributed by atoms with Crippen LogP contribution in [0.5, 0.6) is 0 Å². The molecule has 0 bridgehead atoms. The highest BCUT2D eigenvalue weighted by atomic mass is 16.2. The molecule has 1 heterocycles. The lowest BCUT2D eigenvalue weighted by atomic mass is 10.0. The Morgan fingerprint density at radius 2 is 2.36 bits per heavy atom. The van der Waals surface area contributed by atoms with E-state index >= 15 is 0 Å². The van der Waals surface area contributed by atoms with Gasteiger partial charge in [0.1, 0.15) is 0 Å². The fraction of sp³-hybridized carbons (Fsp3) is 0.889. The molecule has 0 radical (unpaired) electrons. The van der Waals surface area contributed by atoms with Crippen LogP contribution in [-0.4, -0.2) is 23.9 Å². The van der Waals surface area contributed by atoms with E-state index in [1.54, 1.807) is 0 Å². The fourth-order valence-corrected chi connectivity index (χ4v) is 1.64. The summed E-state index contributed by atoms with van der Waals surface area (Å²) in [4.78, 5) is 13.2. The van der Waals surface area contributed by atoms with Crippen molar-refractivity contribution >= 4 is 5.91 Å². The van der Waals surface area contributed by atoms with E-state index < -0.39 is 0 Å². The molecule has 0 aliphatic carbocycles. The first-order valence-corrected chi connectivity index (χ1v) is 4.51. The Labute approximate surface area is 68.6 Å². The predicted molar refractivity (Wildman–Crippen MR) is 45.3 cm³/mol. The molecule has 2 nitrogen and oxygen atoms in total. The first-order chi connectivity index (χ1) is 5.24. The molecular weight excluding hydrogens is 138 g/mol. The number of likely N-dealkylation sites (tertiary alicyclic amines) is 1. The lowest BCUT2D eigenvalue weighted by Crippen LogP contribution is -2.38. The Bertz CT molecular complexity index is 144. The van der Waals surface area contributed by atoms with Crippen molar-refractivity contribution in [3.05, 3.63) is 0 Å². The van der Waals surface area contributed by atoms with Gasteiger partial charge in [-0.25, -0.2) is 0 Å². The van der Waals surface area contributed by atoms with Gasteiger partial charge in [-0.1, -0.05) is 13.8 Å². The van der Waals surface area contributed by atoms with Gasteiger partial charge in [-0.05, 0) is 18.8 Å². The summed E-state index contributed by atoms with van der Waals surface area (Å²) in [6.45, 7) is 6.11. The third kappa shape index (κ3) is 2.21. The quantitative estimate of drug-likeness (QED) is 0.564. The van der Waals surface area contributed by atoms with Gasteiger partial charge >= 0.3 is 0 Å². The van der Waals surface area contributed by atoms with Gasteiger partial charge in [0.15, 0.2) is 0 Å². The van der Waals surface area contributed by atoms with Crippen LogP contribution >= 0.6 is 0 Å². The molecule has 1 rings (SSSR count). The van der Waals surface area contributed by atoms with Gasteiger partial charge in [-0.3, -0.25) is 4.79 Å². The van der Waals surface area contributed by atoms with E-state index in [2.05, 4.69) is 6.92 Å². The van der Waals surface area contributed by atoms with Crippen molar-refractivity contribution in [2.45, 2.75) is 33.1 Å². The molecule has 1 aliphatic heterocycles. The molecule has 1 amide bonds. The van der Waals surface area contributed by atoms with Crippen LogP contribution in [0.15, 0.2) is 0 Å². The second-order valence-electron chi connectivity index (χ2n) is 3.44. The third-order valence-corrected chi connectivity index (χ3v) is 2.31. The predicted octanol–water partition coefficient (Wildman–Crippen LogP) is 1.65. The fourth-order valence-electron chi connectivity index (χ4n) is 1.64. The van der Waals surface area contributed by atoms with Crippen molar-refractivity contribution in [2.24, 2.45) is 5.92 Å². The second kappa shape index (κ2) is 3.74. The Balaban J connectivity index is 2.39. The Kier molecular flexibility index (Phi) is 2.92. The van der Waals surface area contributed by atoms with Gasteiger partial charge < -0.3 is 4.90 Å². The molecule has 1 aliphatic rings. The maximum atomic E-state index is 11.2. The van der Waals surface area contributed by atoms with E-state index in [-0.39, 0.29) is 0 Å². The minimum Gasteiger partial charge on any atom is -0.342 e. The highest BCUT2D eigenvalue weighted by Gasteiger charge is 2.18. The van der Waals surface area contributed by atoms with E-state index in [1.165, 1.54) is 12.8 Å². The monoisotopic (exact) mass is 155 g/mol. The number of rotatable bonds is 1. The van der Waals surface area contributed by atoms with Crippen molar-refractivity contribution in [1.29, 1.82) is 0 Å². The second-order valence-corrected chi connectivity index (χ2v) is 3.44. The molecule has 1 atom stereocenters. The Hall–Kier alpha value is -0.530. The van der Waals surface area contributed by atoms with E-state index in [0.29, 0.717) is 18.2 Å². The highest BCUT2D eigenvalue weighted by molar-refractivity contribution is 5.75. The van der Waals surface area contributed by atoms with Crippen LogP contribution in [0.4, 0.5) is 0 Å². The molecule has 0 spiro atoms. The molecule has 0 aromatic carbocycles. The third-order valence-electron chi connectivity index (χ3n) is 2.31. The van der Waals surface area contributed by atoms with Crippen LogP contribution < -0.4 is 0 Å². The van der Waals surface area contributed by atoms with Crippen LogP contribution in [0, 0.1) is 5.92 Å². The van der Waals surface area contributed by atoms with Crippen LogP contribution in [0.2, 0.25) is 0 Å². The maximum Gasteiger partial charge on any atom is 0.222 e. The van der Waals surface area contributed by atoms with Crippen LogP contribution in [0.25, 0.3) is 0 Å². The van der Waals surface area contributed by atoms with Gasteiger partial charge in [-0.15, -0.1) is 0 Å². The largest absolute Gasteiger partial charge is 0.342 e. The molecule has 0 unspecified atom stereocenters. The molecule has 2 heteroatoms. The number of piperidine rings is 1. The van der Waals surface area contributed by atoms with E-state index in [4.69, 9.17) is 0 Å². The molecule has 0 aromatic rings. The molecule has 0 N–H and O–H groups in total. The summed E-state index contributed by atoms with van der Waals surface area (Å²) < 4.78 is 0. The number of hydrogen-bond acceptors (Lipinski definition) is 1. The van der Waals surface area contributed by atoms with E-state index in [0.717, 1.165) is 13.1 Å². The van der Waals surface area contributed by atoms with Crippen molar-refractivity contribution in [3.63, 3.8) is 0 Å². The first kappa shape index (κ1) is 8.57. The van der Waals surface area contributed by atoms with Gasteiger partial charge in [0.05, 0.1) is 0 Å². The van der Waals surface area contributed by atoms with Crippen molar-refractivity contribution < 1.29 is 4.79 Å². The molecule has 0 aromatic heterocycles. The van der Waals surface area contributed by atoms with Gasteiger partial charge in [-0.2, -0.15) is 0 Å². The average molecular weight is 155 g/mol. The minimum atomic E-state index is 0.316. The summed E-state index contributed by atoms with van der Waals surface area (Å²) in [5.41, 5.74) is 0. The summed E-state index contributed by atoms with van der Waals surface area (Å²) in [6, 6.07) is 0. The van der Waals surface area contributed by atoms with Crippen molar-refractivity contribution in [2.75, 3.05) is 13.1 Å². The summed E-state index contributed by atoms with van der Waals surface area (Å²) in [5.74, 6) is 1.02. The average Bonchev–Trinajstić information content (AvgIpc) is 2.03. The van der Waals surface area contributed by atoms with Crippen LogP contribution in [-0.2, 0) is 4.79 Å². The van der Waals surface area contributed by atoms with E-state index in [1.807, 2.05) is 11.8 Å². The summed E-state index contributed by atoms with van der Waals surface area (Å²) in [5, 5.41) is 0. The normalized spacial score (nSPS) is 25.3. The van der Waals surface area contributed by atoms with Crippen molar-refractivity contribution in [3.8, 4) is 0 Å². The minimum absolute atomic E-state index is 0.316. The maximum absolute atomic E-state index is 11.2. The topological polar surface area (TPSA) is 20.3 Å². The standard InChI is InChI=1S/C9H17NO/c1-3-9(11)10-6-4-5-8(2)7-10/h8H,3-7H2,1-2H3/t8-/m0/s1. The zero-order chi connectivity index (χ0) is 8.27. The van der Waals surface area contributed by atoms with Crippen LogP contribution in [0.1, 0.15) is 33.1 Å². The number of nitrogens with zero attached hydrogens (tertiary/aromatic N) is 1. The smallest absolute Gasteiger partial charge is 0.222 e. The van der Waals surface area contributed by atoms with Gasteiger partial charge in [0.2, 0.25) is 5.91 Å². The lowest BCUT2D eigenvalue weighted by Gasteiger charge is -2.30. The Morgan fingerprint density at radius 1 is 1.64 bits per heavy atom. The summed E-state index contributed by atoms with van der Waals surface area (Å²) >= 11 is 0. The SMILES string of the molecule is CCC(=O)N1CCC[C@H](C)C1. The van der Waals surface area contributed by atoms with Gasteiger partial charge in [0, 0.05) is 19.5 Å². The zero-order valence-electron chi connectivity index (χ0n) is 7.47. The van der Waals surface area contributed by atoms with Gasteiger partial charge in [0.25, 0.3) is 0 Å². The molecule has 11 heavy (non-hydrogen) atoms. The molecule has 0 saturated carbocycles. The molecular formula is C9H17NO. The number of carbonyl (C=O) groups is 1. The number of amides is 1. The lowest BCUT2D eigenvalue weighted by molar-refractivity contribution is -0.132. The highest BCUT2D eigenvalue weighted by Crippen LogP contribution is 2.15.